The highest BCUT2D eigenvalue weighted by Crippen LogP contribution is 2.32. The minimum atomic E-state index is -0.597. The molecule has 2 N–H and O–H groups in total. The first-order valence-electron chi connectivity index (χ1n) is 10.8. The van der Waals surface area contributed by atoms with Gasteiger partial charge in [-0.15, -0.1) is 0 Å². The molecule has 7 heteroatoms. The molecule has 1 saturated heterocycles. The van der Waals surface area contributed by atoms with Gasteiger partial charge in [0, 0.05) is 31.1 Å². The standard InChI is InChI=1S/C24H25N3O4/c28-22-11-9-20(23(29)26-22)27-14-16-12-17(6-7-18(16)24(27)30)31-21-10-8-19(21)25-13-15-4-2-1-3-5-15/h1-7,12,19-21,25H,8-11,13-14H2,(H,26,28,29)/t19-,20?,21-/m1/s1. The zero-order chi connectivity index (χ0) is 21.4. The maximum atomic E-state index is 12.8. The van der Waals surface area contributed by atoms with E-state index in [1.165, 1.54) is 5.56 Å². The number of fused-ring (bicyclic) bond motifs is 1. The highest BCUT2D eigenvalue weighted by atomic mass is 16.5. The second-order valence-electron chi connectivity index (χ2n) is 8.43. The summed E-state index contributed by atoms with van der Waals surface area (Å²) in [6.07, 6.45) is 2.79. The highest BCUT2D eigenvalue weighted by Gasteiger charge is 2.39. The number of rotatable bonds is 6. The third-order valence-corrected chi connectivity index (χ3v) is 6.40. The van der Waals surface area contributed by atoms with Crippen molar-refractivity contribution in [1.82, 2.24) is 15.5 Å². The maximum absolute atomic E-state index is 12.8. The molecule has 3 amide bonds. The number of piperidine rings is 1. The van der Waals surface area contributed by atoms with Crippen molar-refractivity contribution in [1.29, 1.82) is 0 Å². The van der Waals surface area contributed by atoms with Crippen LogP contribution in [0.15, 0.2) is 48.5 Å². The first-order valence-corrected chi connectivity index (χ1v) is 10.8. The van der Waals surface area contributed by atoms with Gasteiger partial charge in [0.05, 0.1) is 0 Å². The zero-order valence-corrected chi connectivity index (χ0v) is 17.2. The van der Waals surface area contributed by atoms with Crippen molar-refractivity contribution in [3.8, 4) is 5.75 Å². The normalized spacial score (nSPS) is 25.1. The van der Waals surface area contributed by atoms with E-state index in [0.29, 0.717) is 24.6 Å². The molecule has 0 aromatic heterocycles. The van der Waals surface area contributed by atoms with Gasteiger partial charge >= 0.3 is 0 Å². The lowest BCUT2D eigenvalue weighted by Crippen LogP contribution is -2.52. The SMILES string of the molecule is O=C1CCC(N2Cc3cc(O[C@@H]4CC[C@H]4NCc4ccccc4)ccc3C2=O)C(=O)N1. The van der Waals surface area contributed by atoms with Gasteiger partial charge in [0.15, 0.2) is 0 Å². The van der Waals surface area contributed by atoms with Crippen LogP contribution in [0.1, 0.15) is 47.2 Å². The molecule has 7 nitrogen and oxygen atoms in total. The van der Waals surface area contributed by atoms with Crippen LogP contribution in [-0.2, 0) is 22.7 Å². The van der Waals surface area contributed by atoms with E-state index in [2.05, 4.69) is 22.8 Å². The smallest absolute Gasteiger partial charge is 0.255 e. The molecule has 1 unspecified atom stereocenters. The fraction of sp³-hybridized carbons (Fsp3) is 0.375. The summed E-state index contributed by atoms with van der Waals surface area (Å²) in [5, 5.41) is 5.90. The Kier molecular flexibility index (Phi) is 5.19. The molecule has 0 bridgehead atoms. The second-order valence-corrected chi connectivity index (χ2v) is 8.43. The van der Waals surface area contributed by atoms with Gasteiger partial charge in [-0.3, -0.25) is 19.7 Å². The summed E-state index contributed by atoms with van der Waals surface area (Å²) in [7, 11) is 0. The average molecular weight is 419 g/mol. The third kappa shape index (κ3) is 3.93. The Morgan fingerprint density at radius 2 is 1.87 bits per heavy atom. The summed E-state index contributed by atoms with van der Waals surface area (Å²) in [5.74, 6) is -0.0947. The van der Waals surface area contributed by atoms with Crippen molar-refractivity contribution in [3.05, 3.63) is 65.2 Å². The molecule has 3 aliphatic rings. The van der Waals surface area contributed by atoms with Crippen LogP contribution >= 0.6 is 0 Å². The highest BCUT2D eigenvalue weighted by molar-refractivity contribution is 6.05. The number of hydrogen-bond donors (Lipinski definition) is 2. The van der Waals surface area contributed by atoms with Gasteiger partial charge in [-0.25, -0.2) is 0 Å². The number of imide groups is 1. The van der Waals surface area contributed by atoms with Gasteiger partial charge in [0.25, 0.3) is 5.91 Å². The summed E-state index contributed by atoms with van der Waals surface area (Å²) in [6, 6.07) is 15.5. The second kappa shape index (κ2) is 8.15. The lowest BCUT2D eigenvalue weighted by Gasteiger charge is -2.37. The molecule has 2 aliphatic heterocycles. The Labute approximate surface area is 180 Å². The van der Waals surface area contributed by atoms with E-state index in [1.807, 2.05) is 30.3 Å². The van der Waals surface area contributed by atoms with Crippen molar-refractivity contribution in [2.24, 2.45) is 0 Å². The molecular formula is C24H25N3O4. The summed E-state index contributed by atoms with van der Waals surface area (Å²) in [5.41, 5.74) is 2.71. The minimum Gasteiger partial charge on any atom is -0.489 e. The number of carbonyl (C=O) groups is 3. The summed E-state index contributed by atoms with van der Waals surface area (Å²) in [6.45, 7) is 1.17. The molecule has 5 rings (SSSR count). The van der Waals surface area contributed by atoms with Crippen LogP contribution in [0.3, 0.4) is 0 Å². The molecule has 2 aromatic carbocycles. The van der Waals surface area contributed by atoms with Crippen LogP contribution in [0.4, 0.5) is 0 Å². The number of nitrogens with one attached hydrogen (secondary N) is 2. The Balaban J connectivity index is 1.21. The fourth-order valence-corrected chi connectivity index (χ4v) is 4.49. The van der Waals surface area contributed by atoms with E-state index >= 15 is 0 Å². The van der Waals surface area contributed by atoms with Gasteiger partial charge < -0.3 is 15.0 Å². The van der Waals surface area contributed by atoms with Crippen LogP contribution in [0, 0.1) is 0 Å². The molecule has 1 saturated carbocycles. The van der Waals surface area contributed by atoms with Gasteiger partial charge in [-0.05, 0) is 48.6 Å². The quantitative estimate of drug-likeness (QED) is 0.701. The van der Waals surface area contributed by atoms with Crippen LogP contribution in [-0.4, -0.2) is 40.8 Å². The third-order valence-electron chi connectivity index (χ3n) is 6.40. The minimum absolute atomic E-state index is 0.102. The van der Waals surface area contributed by atoms with Gasteiger partial charge in [-0.1, -0.05) is 30.3 Å². The van der Waals surface area contributed by atoms with Crippen molar-refractivity contribution in [3.63, 3.8) is 0 Å². The van der Waals surface area contributed by atoms with Gasteiger partial charge in [-0.2, -0.15) is 0 Å². The predicted octanol–water partition coefficient (Wildman–Crippen LogP) is 2.15. The summed E-state index contributed by atoms with van der Waals surface area (Å²) < 4.78 is 6.21. The molecule has 0 radical (unpaired) electrons. The van der Waals surface area contributed by atoms with Crippen LogP contribution in [0.5, 0.6) is 5.75 Å². The van der Waals surface area contributed by atoms with Crippen molar-refractivity contribution >= 4 is 17.7 Å². The van der Waals surface area contributed by atoms with Crippen molar-refractivity contribution < 1.29 is 19.1 Å². The van der Waals surface area contributed by atoms with E-state index in [9.17, 15) is 14.4 Å². The number of amides is 3. The van der Waals surface area contributed by atoms with E-state index < -0.39 is 11.9 Å². The first kappa shape index (κ1) is 19.8. The monoisotopic (exact) mass is 419 g/mol. The van der Waals surface area contributed by atoms with E-state index in [1.54, 1.807) is 11.0 Å². The van der Waals surface area contributed by atoms with E-state index in [0.717, 1.165) is 30.7 Å². The average Bonchev–Trinajstić information content (AvgIpc) is 3.08. The Bertz CT molecular complexity index is 1020. The molecule has 0 spiro atoms. The number of hydrogen-bond acceptors (Lipinski definition) is 5. The van der Waals surface area contributed by atoms with Gasteiger partial charge in [0.1, 0.15) is 17.9 Å². The van der Waals surface area contributed by atoms with Crippen LogP contribution < -0.4 is 15.4 Å². The molecule has 2 aromatic rings. The van der Waals surface area contributed by atoms with Crippen LogP contribution in [0.25, 0.3) is 0 Å². The zero-order valence-electron chi connectivity index (χ0n) is 17.2. The molecule has 2 heterocycles. The molecular weight excluding hydrogens is 394 g/mol. The topological polar surface area (TPSA) is 87.7 Å². The molecule has 31 heavy (non-hydrogen) atoms. The van der Waals surface area contributed by atoms with Crippen molar-refractivity contribution in [2.45, 2.75) is 57.0 Å². The molecule has 3 atom stereocenters. The number of nitrogens with zero attached hydrogens (tertiary/aromatic N) is 1. The maximum Gasteiger partial charge on any atom is 0.255 e. The van der Waals surface area contributed by atoms with E-state index in [4.69, 9.17) is 4.74 Å². The number of ether oxygens (including phenoxy) is 1. The molecule has 2 fully saturated rings. The van der Waals surface area contributed by atoms with Crippen LogP contribution in [0.2, 0.25) is 0 Å². The Hall–Kier alpha value is -3.19. The fourth-order valence-electron chi connectivity index (χ4n) is 4.49. The summed E-state index contributed by atoms with van der Waals surface area (Å²) in [4.78, 5) is 38.0. The number of benzene rings is 2. The van der Waals surface area contributed by atoms with E-state index in [-0.39, 0.29) is 24.3 Å². The molecule has 160 valence electrons. The number of carbonyl (C=O) groups excluding carboxylic acids is 3. The van der Waals surface area contributed by atoms with Gasteiger partial charge in [0.2, 0.25) is 11.8 Å². The Morgan fingerprint density at radius 1 is 1.03 bits per heavy atom. The largest absolute Gasteiger partial charge is 0.489 e. The molecule has 1 aliphatic carbocycles. The van der Waals surface area contributed by atoms with Crippen molar-refractivity contribution in [2.75, 3.05) is 0 Å². The summed E-state index contributed by atoms with van der Waals surface area (Å²) >= 11 is 0. The first-order chi connectivity index (χ1) is 15.1. The Morgan fingerprint density at radius 3 is 2.61 bits per heavy atom. The predicted molar refractivity (Wildman–Crippen MR) is 113 cm³/mol. The lowest BCUT2D eigenvalue weighted by molar-refractivity contribution is -0.136. The lowest BCUT2D eigenvalue weighted by atomic mass is 9.88.